The van der Waals surface area contributed by atoms with Crippen molar-refractivity contribution in [2.45, 2.75) is 13.5 Å². The number of esters is 1. The predicted molar refractivity (Wildman–Crippen MR) is 122 cm³/mol. The van der Waals surface area contributed by atoms with Crippen LogP contribution in [0, 0.1) is 0 Å². The molecule has 5 aromatic rings. The molecule has 0 aliphatic rings. The Morgan fingerprint density at radius 2 is 2.00 bits per heavy atom. The number of fused-ring (bicyclic) bond motifs is 1. The maximum Gasteiger partial charge on any atom is 0.343 e. The molecule has 0 spiro atoms. The highest BCUT2D eigenvalue weighted by atomic mass is 16.5. The summed E-state index contributed by atoms with van der Waals surface area (Å²) in [5.41, 5.74) is 2.75. The molecule has 0 saturated heterocycles. The van der Waals surface area contributed by atoms with Crippen molar-refractivity contribution < 1.29 is 18.7 Å². The number of nitrogens with zero attached hydrogens (tertiary/aromatic N) is 5. The van der Waals surface area contributed by atoms with Crippen LogP contribution in [0.3, 0.4) is 0 Å². The second-order valence-electron chi connectivity index (χ2n) is 7.35. The van der Waals surface area contributed by atoms with Gasteiger partial charge in [-0.25, -0.2) is 14.3 Å². The van der Waals surface area contributed by atoms with Gasteiger partial charge in [0.2, 0.25) is 0 Å². The molecule has 0 fully saturated rings. The van der Waals surface area contributed by atoms with Gasteiger partial charge in [-0.15, -0.1) is 0 Å². The molecule has 4 heterocycles. The smallest absolute Gasteiger partial charge is 0.343 e. The van der Waals surface area contributed by atoms with Gasteiger partial charge < -0.3 is 14.5 Å². The number of ether oxygens (including phenoxy) is 1. The molecule has 10 nitrogen and oxygen atoms in total. The molecule has 0 aliphatic carbocycles. The summed E-state index contributed by atoms with van der Waals surface area (Å²) in [5.74, 6) is -0.0242. The number of carbonyl (C=O) groups excluding carboxylic acids is 2. The van der Waals surface area contributed by atoms with Gasteiger partial charge in [0.05, 0.1) is 25.0 Å². The summed E-state index contributed by atoms with van der Waals surface area (Å²) in [5, 5.41) is 11.3. The predicted octanol–water partition coefficient (Wildman–Crippen LogP) is 3.66. The Morgan fingerprint density at radius 1 is 1.09 bits per heavy atom. The minimum Gasteiger partial charge on any atom is -0.462 e. The van der Waals surface area contributed by atoms with Crippen LogP contribution >= 0.6 is 0 Å². The Balaban J connectivity index is 1.37. The SMILES string of the molecule is CCOC(=O)c1cnn2c(-c3cccc(NC(=O)c4ccc(Cn5cccn5)o4)c3)ccnc12. The number of nitrogens with one attached hydrogen (secondary N) is 1. The van der Waals surface area contributed by atoms with E-state index in [1.54, 1.807) is 52.8 Å². The highest BCUT2D eigenvalue weighted by Crippen LogP contribution is 2.24. The van der Waals surface area contributed by atoms with Gasteiger partial charge in [-0.2, -0.15) is 10.2 Å². The zero-order chi connectivity index (χ0) is 23.5. The number of rotatable bonds is 7. The van der Waals surface area contributed by atoms with E-state index in [9.17, 15) is 9.59 Å². The molecule has 0 aliphatic heterocycles. The average molecular weight is 456 g/mol. The first kappa shape index (κ1) is 21.1. The molecule has 0 radical (unpaired) electrons. The number of aromatic nitrogens is 5. The maximum atomic E-state index is 12.7. The topological polar surface area (TPSA) is 117 Å². The Morgan fingerprint density at radius 3 is 2.82 bits per heavy atom. The van der Waals surface area contributed by atoms with Crippen LogP contribution in [0.25, 0.3) is 16.9 Å². The standard InChI is InChI=1S/C24H20N6O4/c1-2-33-24(32)19-14-27-30-20(9-11-25-22(19)30)16-5-3-6-17(13-16)28-23(31)21-8-7-18(34-21)15-29-12-4-10-26-29/h3-14H,2,15H2,1H3,(H,28,31). The van der Waals surface area contributed by atoms with E-state index in [1.165, 1.54) is 6.20 Å². The summed E-state index contributed by atoms with van der Waals surface area (Å²) in [6.07, 6.45) is 6.54. The summed E-state index contributed by atoms with van der Waals surface area (Å²) in [7, 11) is 0. The van der Waals surface area contributed by atoms with Crippen molar-refractivity contribution in [1.29, 1.82) is 0 Å². The molecule has 4 aromatic heterocycles. The molecule has 1 N–H and O–H groups in total. The fraction of sp³-hybridized carbons (Fsp3) is 0.125. The van der Waals surface area contributed by atoms with Crippen molar-refractivity contribution in [1.82, 2.24) is 24.4 Å². The van der Waals surface area contributed by atoms with Gasteiger partial charge in [-0.1, -0.05) is 12.1 Å². The van der Waals surface area contributed by atoms with Crippen LogP contribution in [0.1, 0.15) is 33.6 Å². The summed E-state index contributed by atoms with van der Waals surface area (Å²) in [6.45, 7) is 2.44. The van der Waals surface area contributed by atoms with Gasteiger partial charge in [-0.3, -0.25) is 9.48 Å². The van der Waals surface area contributed by atoms with E-state index in [4.69, 9.17) is 9.15 Å². The second-order valence-corrected chi connectivity index (χ2v) is 7.35. The maximum absolute atomic E-state index is 12.7. The molecular formula is C24H20N6O4. The summed E-state index contributed by atoms with van der Waals surface area (Å²) in [4.78, 5) is 29.2. The first-order valence-electron chi connectivity index (χ1n) is 10.6. The van der Waals surface area contributed by atoms with E-state index in [2.05, 4.69) is 20.5 Å². The Kier molecular flexibility index (Phi) is 5.61. The quantitative estimate of drug-likeness (QED) is 0.372. The van der Waals surface area contributed by atoms with E-state index < -0.39 is 5.97 Å². The van der Waals surface area contributed by atoms with Crippen molar-refractivity contribution in [3.8, 4) is 11.3 Å². The average Bonchev–Trinajstić information content (AvgIpc) is 3.60. The van der Waals surface area contributed by atoms with E-state index in [0.29, 0.717) is 29.3 Å². The number of hydrogen-bond acceptors (Lipinski definition) is 7. The van der Waals surface area contributed by atoms with Crippen LogP contribution in [0.2, 0.25) is 0 Å². The highest BCUT2D eigenvalue weighted by Gasteiger charge is 2.18. The third kappa shape index (κ3) is 4.16. The van der Waals surface area contributed by atoms with Gasteiger partial charge >= 0.3 is 5.97 Å². The molecular weight excluding hydrogens is 436 g/mol. The zero-order valence-corrected chi connectivity index (χ0v) is 18.2. The zero-order valence-electron chi connectivity index (χ0n) is 18.2. The number of hydrogen-bond donors (Lipinski definition) is 1. The van der Waals surface area contributed by atoms with Crippen LogP contribution in [0.4, 0.5) is 5.69 Å². The van der Waals surface area contributed by atoms with Gasteiger partial charge in [0.1, 0.15) is 11.3 Å². The van der Waals surface area contributed by atoms with Crippen molar-refractivity contribution in [3.05, 3.63) is 90.4 Å². The normalized spacial score (nSPS) is 11.0. The molecule has 5 rings (SSSR count). The van der Waals surface area contributed by atoms with E-state index >= 15 is 0 Å². The van der Waals surface area contributed by atoms with Crippen molar-refractivity contribution >= 4 is 23.2 Å². The first-order valence-corrected chi connectivity index (χ1v) is 10.6. The third-order valence-electron chi connectivity index (χ3n) is 5.08. The minimum absolute atomic E-state index is 0.199. The summed E-state index contributed by atoms with van der Waals surface area (Å²) < 4.78 is 14.0. The number of anilines is 1. The summed E-state index contributed by atoms with van der Waals surface area (Å²) in [6, 6.07) is 14.3. The lowest BCUT2D eigenvalue weighted by atomic mass is 10.1. The number of amides is 1. The molecule has 170 valence electrons. The fourth-order valence-electron chi connectivity index (χ4n) is 3.55. The molecule has 1 amide bonds. The van der Waals surface area contributed by atoms with E-state index in [0.717, 1.165) is 5.56 Å². The minimum atomic E-state index is -0.478. The van der Waals surface area contributed by atoms with Crippen molar-refractivity contribution in [3.63, 3.8) is 0 Å². The van der Waals surface area contributed by atoms with E-state index in [1.807, 2.05) is 30.5 Å². The highest BCUT2D eigenvalue weighted by molar-refractivity contribution is 6.02. The Hall–Kier alpha value is -4.73. The third-order valence-corrected chi connectivity index (χ3v) is 5.08. The Bertz CT molecular complexity index is 1470. The molecule has 10 heteroatoms. The van der Waals surface area contributed by atoms with Crippen LogP contribution in [0.15, 0.2) is 77.7 Å². The lowest BCUT2D eigenvalue weighted by Crippen LogP contribution is -2.11. The lowest BCUT2D eigenvalue weighted by Gasteiger charge is -2.08. The number of benzene rings is 1. The Labute approximate surface area is 193 Å². The van der Waals surface area contributed by atoms with Crippen molar-refractivity contribution in [2.75, 3.05) is 11.9 Å². The van der Waals surface area contributed by atoms with Crippen LogP contribution in [-0.2, 0) is 11.3 Å². The molecule has 0 bridgehead atoms. The van der Waals surface area contributed by atoms with Gasteiger partial charge in [0.15, 0.2) is 11.4 Å². The lowest BCUT2D eigenvalue weighted by molar-refractivity contribution is 0.0528. The van der Waals surface area contributed by atoms with Crippen LogP contribution in [-0.4, -0.2) is 42.9 Å². The van der Waals surface area contributed by atoms with Gasteiger partial charge in [0, 0.05) is 29.8 Å². The van der Waals surface area contributed by atoms with Gasteiger partial charge in [0.25, 0.3) is 5.91 Å². The number of furan rings is 1. The van der Waals surface area contributed by atoms with Crippen molar-refractivity contribution in [2.24, 2.45) is 0 Å². The van der Waals surface area contributed by atoms with Crippen LogP contribution < -0.4 is 5.32 Å². The van der Waals surface area contributed by atoms with Crippen LogP contribution in [0.5, 0.6) is 0 Å². The molecule has 0 saturated carbocycles. The monoisotopic (exact) mass is 456 g/mol. The van der Waals surface area contributed by atoms with Gasteiger partial charge in [-0.05, 0) is 43.3 Å². The molecule has 1 aromatic carbocycles. The number of carbonyl (C=O) groups is 2. The molecule has 34 heavy (non-hydrogen) atoms. The molecule has 0 atom stereocenters. The first-order chi connectivity index (χ1) is 16.6. The van der Waals surface area contributed by atoms with E-state index in [-0.39, 0.29) is 23.8 Å². The largest absolute Gasteiger partial charge is 0.462 e. The molecule has 0 unspecified atom stereocenters. The second kappa shape index (κ2) is 9.02. The summed E-state index contributed by atoms with van der Waals surface area (Å²) >= 11 is 0. The fourth-order valence-corrected chi connectivity index (χ4v) is 3.55.